The summed E-state index contributed by atoms with van der Waals surface area (Å²) >= 11 is 6.34. The molecule has 0 heterocycles. The molecule has 0 aromatic heterocycles. The van der Waals surface area contributed by atoms with E-state index in [-0.39, 0.29) is 28.0 Å². The van der Waals surface area contributed by atoms with Crippen LogP contribution >= 0.6 is 11.6 Å². The zero-order chi connectivity index (χ0) is 23.8. The minimum absolute atomic E-state index is 0.0429. The molecule has 0 spiro atoms. The topological polar surface area (TPSA) is 103 Å². The molecule has 0 fully saturated rings. The second-order valence-electron chi connectivity index (χ2n) is 6.55. The molecular weight excluding hydrogens is 468 g/mol. The highest BCUT2D eigenvalue weighted by Crippen LogP contribution is 2.37. The number of sulfonamides is 1. The summed E-state index contributed by atoms with van der Waals surface area (Å²) in [4.78, 5) is 14.8. The van der Waals surface area contributed by atoms with Crippen molar-refractivity contribution in [3.8, 4) is 17.2 Å². The number of rotatable bonds is 9. The molecule has 172 valence electrons. The maximum Gasteiger partial charge on any atom is 0.343 e. The van der Waals surface area contributed by atoms with Gasteiger partial charge in [-0.1, -0.05) is 29.8 Å². The molecule has 0 radical (unpaired) electrons. The van der Waals surface area contributed by atoms with Crippen molar-refractivity contribution in [1.29, 1.82) is 0 Å². The van der Waals surface area contributed by atoms with Crippen LogP contribution in [0.2, 0.25) is 5.02 Å². The number of nitrogens with zero attached hydrogens (tertiary/aromatic N) is 1. The minimum Gasteiger partial charge on any atom is -0.497 e. The number of benzene rings is 3. The third-order valence-corrected chi connectivity index (χ3v) is 5.81. The van der Waals surface area contributed by atoms with Gasteiger partial charge in [0.05, 0.1) is 35.4 Å². The molecule has 0 aliphatic carbocycles. The van der Waals surface area contributed by atoms with Crippen molar-refractivity contribution in [2.75, 3.05) is 13.7 Å². The number of carbonyl (C=O) groups excluding carboxylic acids is 1. The summed E-state index contributed by atoms with van der Waals surface area (Å²) in [5.74, 6) is 0.226. The summed E-state index contributed by atoms with van der Waals surface area (Å²) in [6.45, 7) is 2.04. The number of halogens is 1. The van der Waals surface area contributed by atoms with Crippen molar-refractivity contribution in [3.63, 3.8) is 0 Å². The van der Waals surface area contributed by atoms with Crippen LogP contribution in [0.1, 0.15) is 22.8 Å². The van der Waals surface area contributed by atoms with Crippen molar-refractivity contribution in [1.82, 2.24) is 4.83 Å². The van der Waals surface area contributed by atoms with Crippen LogP contribution in [0, 0.1) is 0 Å². The average molecular weight is 489 g/mol. The number of hydrazone groups is 1. The van der Waals surface area contributed by atoms with Crippen LogP contribution in [0.5, 0.6) is 17.2 Å². The van der Waals surface area contributed by atoms with E-state index in [1.807, 2.05) is 0 Å². The fourth-order valence-electron chi connectivity index (χ4n) is 2.73. The molecule has 0 atom stereocenters. The molecule has 8 nitrogen and oxygen atoms in total. The first-order valence-corrected chi connectivity index (χ1v) is 11.6. The maximum absolute atomic E-state index is 12.5. The standard InChI is InChI=1S/C23H21ClN2O6S/c1-3-31-21-14-16(15-25-26-33(28,29)19-7-5-4-6-8-19)13-20(24)22(21)32-23(27)17-9-11-18(30-2)12-10-17/h4-15,26H,3H2,1-2H3. The summed E-state index contributed by atoms with van der Waals surface area (Å²) in [5.41, 5.74) is 0.735. The first-order chi connectivity index (χ1) is 15.8. The quantitative estimate of drug-likeness (QED) is 0.209. The second-order valence-corrected chi connectivity index (χ2v) is 8.62. The van der Waals surface area contributed by atoms with Crippen LogP contribution in [0.25, 0.3) is 0 Å². The Kier molecular flexibility index (Phi) is 7.92. The lowest BCUT2D eigenvalue weighted by molar-refractivity contribution is 0.0728. The van der Waals surface area contributed by atoms with Crippen LogP contribution in [0.4, 0.5) is 0 Å². The summed E-state index contributed by atoms with van der Waals surface area (Å²) < 4.78 is 40.7. The Morgan fingerprint density at radius 1 is 1.09 bits per heavy atom. The van der Waals surface area contributed by atoms with Gasteiger partial charge in [-0.25, -0.2) is 9.63 Å². The maximum atomic E-state index is 12.5. The van der Waals surface area contributed by atoms with Crippen LogP contribution in [-0.2, 0) is 10.0 Å². The monoisotopic (exact) mass is 488 g/mol. The Hall–Kier alpha value is -3.56. The van der Waals surface area contributed by atoms with Crippen molar-refractivity contribution >= 4 is 33.8 Å². The molecular formula is C23H21ClN2O6S. The molecule has 0 unspecified atom stereocenters. The Labute approximate surface area is 196 Å². The van der Waals surface area contributed by atoms with Gasteiger partial charge in [0, 0.05) is 0 Å². The summed E-state index contributed by atoms with van der Waals surface area (Å²) in [6.07, 6.45) is 1.27. The molecule has 0 aliphatic heterocycles. The highest BCUT2D eigenvalue weighted by Gasteiger charge is 2.18. The van der Waals surface area contributed by atoms with Crippen molar-refractivity contribution in [2.24, 2.45) is 5.10 Å². The predicted molar refractivity (Wildman–Crippen MR) is 125 cm³/mol. The van der Waals surface area contributed by atoms with Crippen LogP contribution in [0.15, 0.2) is 76.7 Å². The van der Waals surface area contributed by atoms with Gasteiger partial charge < -0.3 is 14.2 Å². The van der Waals surface area contributed by atoms with Gasteiger partial charge >= 0.3 is 5.97 Å². The van der Waals surface area contributed by atoms with Gasteiger partial charge in [-0.2, -0.15) is 13.5 Å². The van der Waals surface area contributed by atoms with Crippen LogP contribution in [0.3, 0.4) is 0 Å². The number of carbonyl (C=O) groups is 1. The van der Waals surface area contributed by atoms with E-state index in [2.05, 4.69) is 9.93 Å². The lowest BCUT2D eigenvalue weighted by atomic mass is 10.2. The van der Waals surface area contributed by atoms with Gasteiger partial charge in [0.1, 0.15) is 5.75 Å². The summed E-state index contributed by atoms with van der Waals surface area (Å²) in [6, 6.07) is 17.2. The van der Waals surface area contributed by atoms with E-state index in [0.29, 0.717) is 16.9 Å². The third kappa shape index (κ3) is 6.24. The first kappa shape index (κ1) is 24.1. The molecule has 0 aliphatic rings. The van der Waals surface area contributed by atoms with Crippen LogP contribution < -0.4 is 19.0 Å². The molecule has 10 heteroatoms. The Morgan fingerprint density at radius 3 is 2.42 bits per heavy atom. The zero-order valence-corrected chi connectivity index (χ0v) is 19.4. The molecule has 0 bridgehead atoms. The van der Waals surface area contributed by atoms with Crippen molar-refractivity contribution < 1.29 is 27.4 Å². The number of nitrogens with one attached hydrogen (secondary N) is 1. The summed E-state index contributed by atoms with van der Waals surface area (Å²) in [5, 5.41) is 3.88. The molecule has 33 heavy (non-hydrogen) atoms. The van der Waals surface area contributed by atoms with Gasteiger partial charge in [0.2, 0.25) is 0 Å². The number of hydrogen-bond acceptors (Lipinski definition) is 7. The first-order valence-electron chi connectivity index (χ1n) is 9.76. The molecule has 0 saturated heterocycles. The van der Waals surface area contributed by atoms with E-state index in [1.165, 1.54) is 37.6 Å². The molecule has 3 rings (SSSR count). The highest BCUT2D eigenvalue weighted by atomic mass is 35.5. The van der Waals surface area contributed by atoms with E-state index < -0.39 is 16.0 Å². The van der Waals surface area contributed by atoms with E-state index in [0.717, 1.165) is 0 Å². The Bertz CT molecular complexity index is 1250. The lowest BCUT2D eigenvalue weighted by Gasteiger charge is -2.13. The largest absolute Gasteiger partial charge is 0.497 e. The third-order valence-electron chi connectivity index (χ3n) is 4.29. The molecule has 3 aromatic rings. The minimum atomic E-state index is -3.81. The lowest BCUT2D eigenvalue weighted by Crippen LogP contribution is -2.18. The van der Waals surface area contributed by atoms with E-state index in [9.17, 15) is 13.2 Å². The second kappa shape index (κ2) is 10.8. The number of hydrogen-bond donors (Lipinski definition) is 1. The van der Waals surface area contributed by atoms with E-state index in [1.54, 1.807) is 49.4 Å². The van der Waals surface area contributed by atoms with Crippen LogP contribution in [-0.4, -0.2) is 34.3 Å². The predicted octanol–water partition coefficient (Wildman–Crippen LogP) is 4.28. The summed E-state index contributed by atoms with van der Waals surface area (Å²) in [7, 11) is -2.28. The normalized spacial score (nSPS) is 11.2. The molecule has 1 N–H and O–H groups in total. The van der Waals surface area contributed by atoms with Gasteiger partial charge in [0.25, 0.3) is 10.0 Å². The van der Waals surface area contributed by atoms with Gasteiger partial charge in [0.15, 0.2) is 11.5 Å². The SMILES string of the molecule is CCOc1cc(C=NNS(=O)(=O)c2ccccc2)cc(Cl)c1OC(=O)c1ccc(OC)cc1. The average Bonchev–Trinajstić information content (AvgIpc) is 2.82. The zero-order valence-electron chi connectivity index (χ0n) is 17.8. The van der Waals surface area contributed by atoms with Crippen molar-refractivity contribution in [2.45, 2.75) is 11.8 Å². The Balaban J connectivity index is 1.80. The molecule has 0 amide bonds. The molecule has 0 saturated carbocycles. The Morgan fingerprint density at radius 2 is 1.79 bits per heavy atom. The van der Waals surface area contributed by atoms with Gasteiger partial charge in [-0.05, 0) is 61.0 Å². The van der Waals surface area contributed by atoms with Gasteiger partial charge in [-0.15, -0.1) is 0 Å². The fourth-order valence-corrected chi connectivity index (χ4v) is 3.80. The van der Waals surface area contributed by atoms with E-state index >= 15 is 0 Å². The van der Waals surface area contributed by atoms with Gasteiger partial charge in [-0.3, -0.25) is 0 Å². The fraction of sp³-hybridized carbons (Fsp3) is 0.130. The number of methoxy groups -OCH3 is 1. The van der Waals surface area contributed by atoms with E-state index in [4.69, 9.17) is 25.8 Å². The van der Waals surface area contributed by atoms with Crippen molar-refractivity contribution in [3.05, 3.63) is 82.9 Å². The highest BCUT2D eigenvalue weighted by molar-refractivity contribution is 7.89. The number of esters is 1. The smallest absolute Gasteiger partial charge is 0.343 e. The molecule has 3 aromatic carbocycles. The number of ether oxygens (including phenoxy) is 3.